The van der Waals surface area contributed by atoms with Gasteiger partial charge in [-0.2, -0.15) is 0 Å². The molecular weight excluding hydrogens is 622 g/mol. The van der Waals surface area contributed by atoms with Crippen molar-refractivity contribution in [3.8, 4) is 28.3 Å². The molecule has 0 spiro atoms. The minimum Gasteiger partial charge on any atom is -0.494 e. The number of nitrogens with one attached hydrogen (secondary N) is 3. The summed E-state index contributed by atoms with van der Waals surface area (Å²) in [5.74, 6) is 1.45. The second-order valence-corrected chi connectivity index (χ2v) is 14.4. The molecule has 2 atom stereocenters. The molecule has 8 heteroatoms. The second kappa shape index (κ2) is 17.9. The van der Waals surface area contributed by atoms with Gasteiger partial charge in [0.1, 0.15) is 11.8 Å². The summed E-state index contributed by atoms with van der Waals surface area (Å²) in [4.78, 5) is 36.0. The number of hydrogen-bond acceptors (Lipinski definition) is 6. The van der Waals surface area contributed by atoms with Crippen LogP contribution in [0.3, 0.4) is 0 Å². The van der Waals surface area contributed by atoms with Crippen molar-refractivity contribution in [1.82, 2.24) is 25.9 Å². The van der Waals surface area contributed by atoms with Crippen molar-refractivity contribution in [2.24, 2.45) is 5.92 Å². The van der Waals surface area contributed by atoms with Crippen molar-refractivity contribution >= 4 is 11.8 Å². The zero-order chi connectivity index (χ0) is 35.3. The number of unbranched alkanes of at least 4 members (excludes halogenated alkanes) is 4. The smallest absolute Gasteiger partial charge is 0.251 e. The highest BCUT2D eigenvalue weighted by Gasteiger charge is 2.24. The van der Waals surface area contributed by atoms with Crippen molar-refractivity contribution in [3.63, 3.8) is 0 Å². The Kier molecular flexibility index (Phi) is 13.1. The molecule has 1 aromatic heterocycles. The van der Waals surface area contributed by atoms with Gasteiger partial charge in [-0.05, 0) is 78.2 Å². The summed E-state index contributed by atoms with van der Waals surface area (Å²) in [5.41, 5.74) is 5.44. The number of carbonyl (C=O) groups is 2. The lowest BCUT2D eigenvalue weighted by molar-refractivity contribution is -0.123. The summed E-state index contributed by atoms with van der Waals surface area (Å²) < 4.78 is 5.91. The minimum atomic E-state index is -0.719. The number of ether oxygens (including phenoxy) is 1. The van der Waals surface area contributed by atoms with Crippen molar-refractivity contribution in [2.75, 3.05) is 26.2 Å². The monoisotopic (exact) mass is 675 g/mol. The first kappa shape index (κ1) is 36.7. The quantitative estimate of drug-likeness (QED) is 0.106. The van der Waals surface area contributed by atoms with E-state index in [1.54, 1.807) is 0 Å². The Morgan fingerprint density at radius 2 is 1.54 bits per heavy atom. The van der Waals surface area contributed by atoms with Crippen LogP contribution in [-0.4, -0.2) is 54.1 Å². The maximum absolute atomic E-state index is 13.4. The van der Waals surface area contributed by atoms with Gasteiger partial charge in [0.05, 0.1) is 6.61 Å². The molecular formula is C42H53N5O3. The summed E-state index contributed by atoms with van der Waals surface area (Å²) in [7, 11) is 0. The van der Waals surface area contributed by atoms with E-state index in [-0.39, 0.29) is 17.2 Å². The number of carbonyl (C=O) groups excluding carboxylic acids is 2. The highest BCUT2D eigenvalue weighted by Crippen LogP contribution is 2.25. The Bertz CT molecular complexity index is 1640. The molecule has 1 aliphatic heterocycles. The third-order valence-electron chi connectivity index (χ3n) is 9.37. The molecule has 8 nitrogen and oxygen atoms in total. The van der Waals surface area contributed by atoms with Crippen molar-refractivity contribution < 1.29 is 14.3 Å². The van der Waals surface area contributed by atoms with Crippen LogP contribution in [0.4, 0.5) is 0 Å². The van der Waals surface area contributed by atoms with Gasteiger partial charge in [0.15, 0.2) is 5.82 Å². The van der Waals surface area contributed by atoms with Gasteiger partial charge in [0.25, 0.3) is 5.91 Å². The van der Waals surface area contributed by atoms with E-state index < -0.39 is 6.04 Å². The normalized spacial score (nSPS) is 15.0. The lowest BCUT2D eigenvalue weighted by Crippen LogP contribution is -2.49. The van der Waals surface area contributed by atoms with Gasteiger partial charge in [-0.3, -0.25) is 9.59 Å². The van der Waals surface area contributed by atoms with Gasteiger partial charge in [-0.15, -0.1) is 0 Å². The molecule has 0 aliphatic carbocycles. The lowest BCUT2D eigenvalue weighted by atomic mass is 9.86. The van der Waals surface area contributed by atoms with Crippen LogP contribution in [0.1, 0.15) is 87.7 Å². The Labute approximate surface area is 297 Å². The van der Waals surface area contributed by atoms with E-state index >= 15 is 0 Å². The molecule has 0 radical (unpaired) electrons. The predicted molar refractivity (Wildman–Crippen MR) is 201 cm³/mol. The van der Waals surface area contributed by atoms with Crippen LogP contribution in [0.25, 0.3) is 22.5 Å². The number of hydrogen-bond donors (Lipinski definition) is 3. The molecule has 3 aromatic carbocycles. The van der Waals surface area contributed by atoms with Gasteiger partial charge in [0.2, 0.25) is 5.91 Å². The predicted octanol–water partition coefficient (Wildman–Crippen LogP) is 7.52. The van der Waals surface area contributed by atoms with Crippen molar-refractivity contribution in [3.05, 3.63) is 102 Å². The van der Waals surface area contributed by atoms with E-state index in [1.165, 1.54) is 25.7 Å². The molecule has 1 aliphatic rings. The van der Waals surface area contributed by atoms with E-state index in [4.69, 9.17) is 4.74 Å². The minimum absolute atomic E-state index is 0.0134. The van der Waals surface area contributed by atoms with Gasteiger partial charge in [-0.1, -0.05) is 102 Å². The van der Waals surface area contributed by atoms with Crippen LogP contribution in [0, 0.1) is 5.92 Å². The SMILES string of the molecule is CCCCCCCOc1ccc(-c2cnc(-c3ccc(C[C@H](NC(=O)c4ccc(C(C)(C)C)cc4)C(=O)NCC4CCNC4)cc3)nc2)cc1. The Morgan fingerprint density at radius 1 is 0.860 bits per heavy atom. The summed E-state index contributed by atoms with van der Waals surface area (Å²) >= 11 is 0. The third-order valence-corrected chi connectivity index (χ3v) is 9.37. The Hall–Kier alpha value is -4.56. The first-order valence-electron chi connectivity index (χ1n) is 18.2. The van der Waals surface area contributed by atoms with Gasteiger partial charge < -0.3 is 20.7 Å². The van der Waals surface area contributed by atoms with E-state index in [0.717, 1.165) is 66.1 Å². The molecule has 3 N–H and O–H groups in total. The average Bonchev–Trinajstić information content (AvgIpc) is 3.66. The fourth-order valence-electron chi connectivity index (χ4n) is 6.12. The zero-order valence-corrected chi connectivity index (χ0v) is 30.1. The van der Waals surface area contributed by atoms with Gasteiger partial charge >= 0.3 is 0 Å². The summed E-state index contributed by atoms with van der Waals surface area (Å²) in [5, 5.41) is 9.44. The molecule has 1 saturated heterocycles. The highest BCUT2D eigenvalue weighted by atomic mass is 16.5. The van der Waals surface area contributed by atoms with E-state index in [9.17, 15) is 9.59 Å². The largest absolute Gasteiger partial charge is 0.494 e. The molecule has 4 aromatic rings. The highest BCUT2D eigenvalue weighted by molar-refractivity contribution is 5.97. The van der Waals surface area contributed by atoms with E-state index in [0.29, 0.717) is 30.3 Å². The van der Waals surface area contributed by atoms with Crippen LogP contribution >= 0.6 is 0 Å². The molecule has 50 heavy (non-hydrogen) atoms. The van der Waals surface area contributed by atoms with E-state index in [2.05, 4.69) is 53.6 Å². The molecule has 2 heterocycles. The molecule has 1 unspecified atom stereocenters. The third kappa shape index (κ3) is 10.7. The average molecular weight is 676 g/mol. The Balaban J connectivity index is 1.20. The lowest BCUT2D eigenvalue weighted by Gasteiger charge is -2.21. The van der Waals surface area contributed by atoms with Crippen LogP contribution in [0.5, 0.6) is 5.75 Å². The molecule has 5 rings (SSSR count). The van der Waals surface area contributed by atoms with Gasteiger partial charge in [0, 0.05) is 42.0 Å². The fourth-order valence-corrected chi connectivity index (χ4v) is 6.12. The number of amides is 2. The standard InChI is InChI=1S/C42H53N5O3/c1-5-6-7-8-9-24-50-37-20-16-32(17-21-37)35-28-44-39(45-29-35)33-12-10-30(11-13-33)25-38(41(49)46-27-31-22-23-43-26-31)47-40(48)34-14-18-36(19-15-34)42(2,3)4/h10-21,28-29,31,38,43H,5-9,22-27H2,1-4H3,(H,46,49)(H,47,48)/t31?,38-/m0/s1. The number of aromatic nitrogens is 2. The summed E-state index contributed by atoms with van der Waals surface area (Å²) in [6.45, 7) is 11.8. The summed E-state index contributed by atoms with van der Waals surface area (Å²) in [6.07, 6.45) is 11.2. The second-order valence-electron chi connectivity index (χ2n) is 14.4. The van der Waals surface area contributed by atoms with Crippen LogP contribution in [0.2, 0.25) is 0 Å². The summed E-state index contributed by atoms with van der Waals surface area (Å²) in [6, 6.07) is 22.8. The topological polar surface area (TPSA) is 105 Å². The first-order chi connectivity index (χ1) is 24.2. The molecule has 0 saturated carbocycles. The number of nitrogens with zero attached hydrogens (tertiary/aromatic N) is 2. The molecule has 2 amide bonds. The number of benzene rings is 3. The van der Waals surface area contributed by atoms with Gasteiger partial charge in [-0.25, -0.2) is 9.97 Å². The van der Waals surface area contributed by atoms with Crippen LogP contribution in [0.15, 0.2) is 85.2 Å². The maximum Gasteiger partial charge on any atom is 0.251 e. The molecule has 264 valence electrons. The molecule has 0 bridgehead atoms. The number of rotatable bonds is 16. The van der Waals surface area contributed by atoms with Crippen molar-refractivity contribution in [2.45, 2.75) is 84.1 Å². The maximum atomic E-state index is 13.4. The van der Waals surface area contributed by atoms with E-state index in [1.807, 2.05) is 85.2 Å². The van der Waals surface area contributed by atoms with Crippen LogP contribution < -0.4 is 20.7 Å². The molecule has 1 fully saturated rings. The fraction of sp³-hybridized carbons (Fsp3) is 0.429. The Morgan fingerprint density at radius 3 is 2.18 bits per heavy atom. The first-order valence-corrected chi connectivity index (χ1v) is 18.2. The van der Waals surface area contributed by atoms with Crippen molar-refractivity contribution in [1.29, 1.82) is 0 Å². The zero-order valence-electron chi connectivity index (χ0n) is 30.1. The van der Waals surface area contributed by atoms with Crippen LogP contribution in [-0.2, 0) is 16.6 Å².